The summed E-state index contributed by atoms with van der Waals surface area (Å²) in [5.41, 5.74) is 6.73. The summed E-state index contributed by atoms with van der Waals surface area (Å²) in [5, 5.41) is 9.24. The van der Waals surface area contributed by atoms with Crippen LogP contribution in [-0.2, 0) is 6.42 Å². The van der Waals surface area contributed by atoms with E-state index in [-0.39, 0.29) is 11.6 Å². The van der Waals surface area contributed by atoms with Gasteiger partial charge in [0, 0.05) is 6.07 Å². The van der Waals surface area contributed by atoms with E-state index < -0.39 is 0 Å². The Morgan fingerprint density at radius 1 is 1.36 bits per heavy atom. The van der Waals surface area contributed by atoms with Gasteiger partial charge in [-0.15, -0.1) is 0 Å². The van der Waals surface area contributed by atoms with Crippen LogP contribution in [0.5, 0.6) is 5.75 Å². The fourth-order valence-corrected chi connectivity index (χ4v) is 1.38. The molecule has 14 heavy (non-hydrogen) atoms. The standard InChI is InChI=1S/C11H16FNO/c1-8-6-9(4-2-3-5-13)10(12)7-11(8)14/h6-7,14H,2-5,13H2,1H3. The van der Waals surface area contributed by atoms with Gasteiger partial charge in [-0.3, -0.25) is 0 Å². The summed E-state index contributed by atoms with van der Waals surface area (Å²) in [5.74, 6) is -0.310. The third-order valence-electron chi connectivity index (χ3n) is 2.27. The van der Waals surface area contributed by atoms with Gasteiger partial charge in [0.25, 0.3) is 0 Å². The van der Waals surface area contributed by atoms with Crippen LogP contribution in [0.4, 0.5) is 4.39 Å². The van der Waals surface area contributed by atoms with Crippen LogP contribution in [-0.4, -0.2) is 11.7 Å². The van der Waals surface area contributed by atoms with Gasteiger partial charge >= 0.3 is 0 Å². The first-order valence-electron chi connectivity index (χ1n) is 4.83. The van der Waals surface area contributed by atoms with Gasteiger partial charge in [0.05, 0.1) is 0 Å². The number of halogens is 1. The third-order valence-corrected chi connectivity index (χ3v) is 2.27. The average molecular weight is 197 g/mol. The highest BCUT2D eigenvalue weighted by Crippen LogP contribution is 2.21. The van der Waals surface area contributed by atoms with Gasteiger partial charge in [0.15, 0.2) is 0 Å². The van der Waals surface area contributed by atoms with Crippen LogP contribution in [0.15, 0.2) is 12.1 Å². The highest BCUT2D eigenvalue weighted by atomic mass is 19.1. The topological polar surface area (TPSA) is 46.2 Å². The van der Waals surface area contributed by atoms with Crippen LogP contribution in [0.25, 0.3) is 0 Å². The first-order valence-corrected chi connectivity index (χ1v) is 4.83. The lowest BCUT2D eigenvalue weighted by atomic mass is 10.0. The van der Waals surface area contributed by atoms with Crippen LogP contribution in [0.1, 0.15) is 24.0 Å². The number of nitrogens with two attached hydrogens (primary N) is 1. The second kappa shape index (κ2) is 4.96. The monoisotopic (exact) mass is 197 g/mol. The van der Waals surface area contributed by atoms with Gasteiger partial charge in [0.1, 0.15) is 11.6 Å². The Morgan fingerprint density at radius 3 is 2.71 bits per heavy atom. The van der Waals surface area contributed by atoms with Crippen molar-refractivity contribution in [2.24, 2.45) is 5.73 Å². The molecule has 0 aliphatic carbocycles. The zero-order chi connectivity index (χ0) is 10.6. The molecular formula is C11H16FNO. The van der Waals surface area contributed by atoms with E-state index in [1.54, 1.807) is 13.0 Å². The lowest BCUT2D eigenvalue weighted by Crippen LogP contribution is -2.00. The van der Waals surface area contributed by atoms with Gasteiger partial charge in [0.2, 0.25) is 0 Å². The van der Waals surface area contributed by atoms with Crippen molar-refractivity contribution < 1.29 is 9.50 Å². The molecule has 1 aromatic carbocycles. The number of hydrogen-bond acceptors (Lipinski definition) is 2. The summed E-state index contributed by atoms with van der Waals surface area (Å²) in [7, 11) is 0. The SMILES string of the molecule is Cc1cc(CCCCN)c(F)cc1O. The number of hydrogen-bond donors (Lipinski definition) is 2. The average Bonchev–Trinajstić information content (AvgIpc) is 2.14. The highest BCUT2D eigenvalue weighted by molar-refractivity contribution is 5.36. The minimum atomic E-state index is -0.329. The number of unbranched alkanes of at least 4 members (excludes halogenated alkanes) is 1. The smallest absolute Gasteiger partial charge is 0.130 e. The summed E-state index contributed by atoms with van der Waals surface area (Å²) in [6, 6.07) is 2.87. The molecule has 0 aliphatic heterocycles. The Morgan fingerprint density at radius 2 is 2.07 bits per heavy atom. The number of phenolic OH excluding ortho intramolecular Hbond substituents is 1. The Labute approximate surface area is 83.6 Å². The zero-order valence-electron chi connectivity index (χ0n) is 8.39. The summed E-state index contributed by atoms with van der Waals surface area (Å²) >= 11 is 0. The molecule has 2 nitrogen and oxygen atoms in total. The molecule has 0 aromatic heterocycles. The van der Waals surface area contributed by atoms with Crippen LogP contribution in [0.3, 0.4) is 0 Å². The molecule has 0 saturated carbocycles. The molecule has 1 rings (SSSR count). The predicted octanol–water partition coefficient (Wildman–Crippen LogP) is 2.12. The van der Waals surface area contributed by atoms with E-state index in [1.165, 1.54) is 6.07 Å². The molecule has 0 heterocycles. The van der Waals surface area contributed by atoms with Crippen molar-refractivity contribution in [1.29, 1.82) is 0 Å². The highest BCUT2D eigenvalue weighted by Gasteiger charge is 2.05. The fraction of sp³-hybridized carbons (Fsp3) is 0.455. The third kappa shape index (κ3) is 2.70. The quantitative estimate of drug-likeness (QED) is 0.726. The van der Waals surface area contributed by atoms with E-state index in [9.17, 15) is 9.50 Å². The van der Waals surface area contributed by atoms with Crippen LogP contribution >= 0.6 is 0 Å². The lowest BCUT2D eigenvalue weighted by molar-refractivity contribution is 0.463. The van der Waals surface area contributed by atoms with Crippen molar-refractivity contribution in [3.05, 3.63) is 29.1 Å². The van der Waals surface area contributed by atoms with Gasteiger partial charge in [-0.05, 0) is 49.9 Å². The minimum absolute atomic E-state index is 0.0186. The van der Waals surface area contributed by atoms with Gasteiger partial charge in [-0.1, -0.05) is 0 Å². The first kappa shape index (κ1) is 11.0. The van der Waals surface area contributed by atoms with E-state index >= 15 is 0 Å². The number of aryl methyl sites for hydroxylation is 2. The molecule has 0 unspecified atom stereocenters. The maximum absolute atomic E-state index is 13.3. The summed E-state index contributed by atoms with van der Waals surface area (Å²) < 4.78 is 13.3. The van der Waals surface area contributed by atoms with Gasteiger partial charge in [-0.2, -0.15) is 0 Å². The summed E-state index contributed by atoms with van der Waals surface area (Å²) in [4.78, 5) is 0. The molecule has 3 heteroatoms. The largest absolute Gasteiger partial charge is 0.508 e. The Balaban J connectivity index is 2.72. The second-order valence-corrected chi connectivity index (χ2v) is 3.48. The Kier molecular flexibility index (Phi) is 3.89. The number of aromatic hydroxyl groups is 1. The predicted molar refractivity (Wildman–Crippen MR) is 54.8 cm³/mol. The maximum Gasteiger partial charge on any atom is 0.130 e. The van der Waals surface area contributed by atoms with Crippen LogP contribution < -0.4 is 5.73 Å². The van der Waals surface area contributed by atoms with Crippen molar-refractivity contribution in [3.63, 3.8) is 0 Å². The zero-order valence-corrected chi connectivity index (χ0v) is 8.39. The molecule has 0 bridgehead atoms. The maximum atomic E-state index is 13.3. The molecule has 0 fully saturated rings. The van der Waals surface area contributed by atoms with Gasteiger partial charge < -0.3 is 10.8 Å². The number of phenols is 1. The fourth-order valence-electron chi connectivity index (χ4n) is 1.38. The second-order valence-electron chi connectivity index (χ2n) is 3.48. The number of benzene rings is 1. The lowest BCUT2D eigenvalue weighted by Gasteiger charge is -2.05. The Hall–Kier alpha value is -1.09. The molecule has 0 spiro atoms. The van der Waals surface area contributed by atoms with E-state index in [1.807, 2.05) is 0 Å². The molecular weight excluding hydrogens is 181 g/mol. The first-order chi connectivity index (χ1) is 6.65. The minimum Gasteiger partial charge on any atom is -0.508 e. The van der Waals surface area contributed by atoms with Crippen molar-refractivity contribution in [1.82, 2.24) is 0 Å². The van der Waals surface area contributed by atoms with Crippen LogP contribution in [0.2, 0.25) is 0 Å². The Bertz CT molecular complexity index is 312. The van der Waals surface area contributed by atoms with Gasteiger partial charge in [-0.25, -0.2) is 4.39 Å². The van der Waals surface area contributed by atoms with E-state index in [0.29, 0.717) is 24.1 Å². The molecule has 0 saturated heterocycles. The summed E-state index contributed by atoms with van der Waals surface area (Å²) in [6.07, 6.45) is 2.47. The van der Waals surface area contributed by atoms with Crippen molar-refractivity contribution in [3.8, 4) is 5.75 Å². The molecule has 1 aromatic rings. The molecule has 3 N–H and O–H groups in total. The van der Waals surface area contributed by atoms with Crippen LogP contribution in [0, 0.1) is 12.7 Å². The molecule has 0 amide bonds. The van der Waals surface area contributed by atoms with Crippen molar-refractivity contribution >= 4 is 0 Å². The normalized spacial score (nSPS) is 10.5. The summed E-state index contributed by atoms with van der Waals surface area (Å²) in [6.45, 7) is 2.40. The van der Waals surface area contributed by atoms with E-state index in [0.717, 1.165) is 12.8 Å². The molecule has 78 valence electrons. The molecule has 0 aliphatic rings. The molecule has 0 atom stereocenters. The van der Waals surface area contributed by atoms with Crippen molar-refractivity contribution in [2.75, 3.05) is 6.54 Å². The van der Waals surface area contributed by atoms with Crippen molar-refractivity contribution in [2.45, 2.75) is 26.2 Å². The number of rotatable bonds is 4. The molecule has 0 radical (unpaired) electrons. The van der Waals surface area contributed by atoms with E-state index in [4.69, 9.17) is 5.73 Å². The van der Waals surface area contributed by atoms with E-state index in [2.05, 4.69) is 0 Å².